The maximum absolute atomic E-state index is 14.8. The van der Waals surface area contributed by atoms with E-state index in [1.54, 1.807) is 21.9 Å². The molecular formula is C33H40BrN3O8Si. The molecule has 4 aliphatic rings. The van der Waals surface area contributed by atoms with Crippen molar-refractivity contribution in [3.63, 3.8) is 0 Å². The summed E-state index contributed by atoms with van der Waals surface area (Å²) in [5.74, 6) is -1.49. The summed E-state index contributed by atoms with van der Waals surface area (Å²) in [6.45, 7) is 7.53. The highest BCUT2D eigenvalue weighted by molar-refractivity contribution is 9.10. The first-order chi connectivity index (χ1) is 21.8. The van der Waals surface area contributed by atoms with Gasteiger partial charge in [-0.2, -0.15) is 0 Å². The second kappa shape index (κ2) is 12.2. The number of amides is 3. The number of esters is 1. The lowest BCUT2D eigenvalue weighted by Gasteiger charge is -2.39. The van der Waals surface area contributed by atoms with Crippen molar-refractivity contribution in [2.75, 3.05) is 23.0 Å². The molecule has 2 aromatic carbocycles. The number of fused-ring (bicyclic) bond motifs is 2. The Kier molecular flexibility index (Phi) is 8.68. The largest absolute Gasteiger partial charge is 0.441 e. The van der Waals surface area contributed by atoms with Gasteiger partial charge in [0.15, 0.2) is 20.1 Å². The highest BCUT2D eigenvalue weighted by Crippen LogP contribution is 2.60. The van der Waals surface area contributed by atoms with Gasteiger partial charge in [0.05, 0.1) is 43.8 Å². The summed E-state index contributed by atoms with van der Waals surface area (Å²) in [5.41, 5.74) is 0.836. The molecule has 3 amide bonds. The fourth-order valence-electron chi connectivity index (χ4n) is 8.02. The minimum Gasteiger partial charge on any atom is -0.441 e. The van der Waals surface area contributed by atoms with Crippen molar-refractivity contribution in [3.8, 4) is 0 Å². The fourth-order valence-corrected chi connectivity index (χ4v) is 10.9. The van der Waals surface area contributed by atoms with E-state index >= 15 is 0 Å². The molecule has 3 saturated heterocycles. The Balaban J connectivity index is 1.33. The average molecular weight is 715 g/mol. The Morgan fingerprint density at radius 3 is 2.61 bits per heavy atom. The molecule has 11 nitrogen and oxygen atoms in total. The SMILES string of the molecule is CC(=O)OC1CC(=O)N1c1cccc(CN2C(=O)[C@@]3(O[C@@H](CC(=O)N4CCC[C@H]4CO)[C@H]([Si](C)(C)O)[C@H]3C)c3cc(Br)ccc32)c1. The summed E-state index contributed by atoms with van der Waals surface area (Å²) in [6.07, 6.45) is 0.323. The second-order valence-corrected chi connectivity index (χ2v) is 18.3. The van der Waals surface area contributed by atoms with Gasteiger partial charge in [-0.25, -0.2) is 0 Å². The molecule has 4 heterocycles. The van der Waals surface area contributed by atoms with Gasteiger partial charge >= 0.3 is 5.97 Å². The molecule has 0 saturated carbocycles. The number of ether oxygens (including phenoxy) is 2. The first kappa shape index (κ1) is 32.8. The van der Waals surface area contributed by atoms with Crippen LogP contribution in [0, 0.1) is 5.92 Å². The van der Waals surface area contributed by atoms with E-state index in [4.69, 9.17) is 9.47 Å². The van der Waals surface area contributed by atoms with E-state index in [2.05, 4.69) is 15.9 Å². The quantitative estimate of drug-likeness (QED) is 0.240. The second-order valence-electron chi connectivity index (χ2n) is 13.4. The number of hydrogen-bond donors (Lipinski definition) is 2. The smallest absolute Gasteiger partial charge is 0.304 e. The zero-order valence-corrected chi connectivity index (χ0v) is 29.0. The van der Waals surface area contributed by atoms with E-state index in [9.17, 15) is 29.1 Å². The first-order valence-electron chi connectivity index (χ1n) is 15.8. The molecule has 0 radical (unpaired) electrons. The molecule has 13 heteroatoms. The molecule has 0 bridgehead atoms. The molecular weight excluding hydrogens is 674 g/mol. The Morgan fingerprint density at radius 1 is 1.17 bits per heavy atom. The van der Waals surface area contributed by atoms with Crippen molar-refractivity contribution in [1.29, 1.82) is 0 Å². The summed E-state index contributed by atoms with van der Waals surface area (Å²) >= 11 is 3.58. The van der Waals surface area contributed by atoms with Gasteiger partial charge in [0.1, 0.15) is 0 Å². The van der Waals surface area contributed by atoms with Gasteiger partial charge in [0.2, 0.25) is 11.8 Å². The number of likely N-dealkylation sites (tertiary alicyclic amines) is 1. The Bertz CT molecular complexity index is 1580. The van der Waals surface area contributed by atoms with Crippen LogP contribution in [0.2, 0.25) is 18.6 Å². The monoisotopic (exact) mass is 713 g/mol. The number of β-lactam (4-membered cyclic amide) rings is 1. The maximum atomic E-state index is 14.8. The van der Waals surface area contributed by atoms with Crippen LogP contribution in [-0.2, 0) is 40.8 Å². The van der Waals surface area contributed by atoms with E-state index in [-0.39, 0.29) is 49.8 Å². The van der Waals surface area contributed by atoms with Gasteiger partial charge in [-0.3, -0.25) is 24.1 Å². The molecule has 2 aromatic rings. The zero-order chi connectivity index (χ0) is 33.1. The third-order valence-electron chi connectivity index (χ3n) is 9.97. The lowest BCUT2D eigenvalue weighted by atomic mass is 9.82. The molecule has 246 valence electrons. The normalized spacial score (nSPS) is 29.0. The number of carbonyl (C=O) groups is 4. The Hall–Kier alpha value is -3.10. The number of carbonyl (C=O) groups excluding carboxylic acids is 4. The molecule has 1 unspecified atom stereocenters. The zero-order valence-electron chi connectivity index (χ0n) is 26.4. The summed E-state index contributed by atoms with van der Waals surface area (Å²) in [5, 5.41) is 9.83. The van der Waals surface area contributed by atoms with Crippen LogP contribution in [0.5, 0.6) is 0 Å². The summed E-state index contributed by atoms with van der Waals surface area (Å²) in [4.78, 5) is 68.7. The van der Waals surface area contributed by atoms with Crippen LogP contribution in [0.4, 0.5) is 11.4 Å². The predicted octanol–water partition coefficient (Wildman–Crippen LogP) is 3.79. The van der Waals surface area contributed by atoms with Gasteiger partial charge < -0.3 is 29.2 Å². The molecule has 2 N–H and O–H groups in total. The summed E-state index contributed by atoms with van der Waals surface area (Å²) < 4.78 is 12.9. The van der Waals surface area contributed by atoms with Gasteiger partial charge in [-0.1, -0.05) is 35.0 Å². The number of aliphatic hydroxyl groups excluding tert-OH is 1. The highest BCUT2D eigenvalue weighted by atomic mass is 79.9. The molecule has 6 atom stereocenters. The average Bonchev–Trinajstić information content (AvgIpc) is 3.63. The van der Waals surface area contributed by atoms with Crippen LogP contribution >= 0.6 is 15.9 Å². The van der Waals surface area contributed by atoms with Crippen LogP contribution in [0.3, 0.4) is 0 Å². The molecule has 0 aliphatic carbocycles. The lowest BCUT2D eigenvalue weighted by Crippen LogP contribution is -2.54. The highest BCUT2D eigenvalue weighted by Gasteiger charge is 2.66. The number of aliphatic hydroxyl groups is 1. The number of hydrogen-bond acceptors (Lipinski definition) is 8. The number of nitrogens with zero attached hydrogens (tertiary/aromatic N) is 3. The van der Waals surface area contributed by atoms with Crippen molar-refractivity contribution >= 4 is 59.3 Å². The molecule has 1 spiro atoms. The predicted molar refractivity (Wildman–Crippen MR) is 175 cm³/mol. The summed E-state index contributed by atoms with van der Waals surface area (Å²) in [7, 11) is -2.98. The molecule has 0 aromatic heterocycles. The van der Waals surface area contributed by atoms with Crippen molar-refractivity contribution < 1.29 is 38.6 Å². The Labute approximate surface area is 277 Å². The number of anilines is 2. The number of benzene rings is 2. The molecule has 4 aliphatic heterocycles. The van der Waals surface area contributed by atoms with Gasteiger partial charge in [-0.15, -0.1) is 0 Å². The fraction of sp³-hybridized carbons (Fsp3) is 0.515. The number of rotatable bonds is 8. The van der Waals surface area contributed by atoms with E-state index in [1.807, 2.05) is 50.3 Å². The third kappa shape index (κ3) is 5.49. The standard InChI is InChI=1S/C33H40BrN3O8Si/c1-19-31(46(3,4)43)27(15-28(40)35-12-6-9-24(35)18-38)45-33(19)25-14-22(34)10-11-26(25)36(32(33)42)17-21-7-5-8-23(13-21)37-29(41)16-30(37)44-20(2)39/h5,7-8,10-11,13-14,19,24,27,30-31,38,43H,6,9,12,15-18H2,1-4H3/t19-,24+,27+,30?,31-,33+/m1/s1. The lowest BCUT2D eigenvalue weighted by molar-refractivity contribution is -0.154. The van der Waals surface area contributed by atoms with E-state index in [0.29, 0.717) is 23.5 Å². The molecule has 6 rings (SSSR count). The van der Waals surface area contributed by atoms with E-state index < -0.39 is 43.7 Å². The minimum atomic E-state index is -2.98. The van der Waals surface area contributed by atoms with Crippen LogP contribution in [0.1, 0.15) is 50.7 Å². The van der Waals surface area contributed by atoms with Crippen LogP contribution < -0.4 is 9.80 Å². The number of halogens is 1. The topological polar surface area (TPSA) is 137 Å². The van der Waals surface area contributed by atoms with Gasteiger partial charge in [-0.05, 0) is 61.8 Å². The van der Waals surface area contributed by atoms with Crippen molar-refractivity contribution in [2.45, 2.75) is 88.7 Å². The van der Waals surface area contributed by atoms with Crippen molar-refractivity contribution in [1.82, 2.24) is 4.90 Å². The van der Waals surface area contributed by atoms with Crippen LogP contribution in [-0.4, -0.2) is 78.3 Å². The Morgan fingerprint density at radius 2 is 1.93 bits per heavy atom. The minimum absolute atomic E-state index is 0.0102. The maximum Gasteiger partial charge on any atom is 0.304 e. The van der Waals surface area contributed by atoms with Crippen LogP contribution in [0.25, 0.3) is 0 Å². The van der Waals surface area contributed by atoms with Crippen molar-refractivity contribution in [3.05, 3.63) is 58.1 Å². The van der Waals surface area contributed by atoms with Gasteiger partial charge in [0.25, 0.3) is 5.91 Å². The van der Waals surface area contributed by atoms with Gasteiger partial charge in [0, 0.05) is 40.7 Å². The molecule has 3 fully saturated rings. The van der Waals surface area contributed by atoms with Crippen LogP contribution in [0.15, 0.2) is 46.9 Å². The molecule has 46 heavy (non-hydrogen) atoms. The van der Waals surface area contributed by atoms with Crippen molar-refractivity contribution in [2.24, 2.45) is 5.92 Å². The van der Waals surface area contributed by atoms with E-state index in [1.165, 1.54) is 11.8 Å². The third-order valence-corrected chi connectivity index (χ3v) is 13.0. The first-order valence-corrected chi connectivity index (χ1v) is 19.6. The summed E-state index contributed by atoms with van der Waals surface area (Å²) in [6, 6.07) is 12.6. The van der Waals surface area contributed by atoms with E-state index in [0.717, 1.165) is 22.9 Å².